The first-order chi connectivity index (χ1) is 7.52. The molecule has 2 atom stereocenters. The summed E-state index contributed by atoms with van der Waals surface area (Å²) < 4.78 is 0.397. The van der Waals surface area contributed by atoms with E-state index >= 15 is 0 Å². The van der Waals surface area contributed by atoms with E-state index in [1.54, 1.807) is 12.1 Å². The number of carboxylic acids is 1. The van der Waals surface area contributed by atoms with Crippen LogP contribution in [0.5, 0.6) is 0 Å². The second kappa shape index (κ2) is 3.86. The second-order valence-electron chi connectivity index (χ2n) is 3.72. The van der Waals surface area contributed by atoms with Crippen molar-refractivity contribution in [2.45, 2.75) is 12.3 Å². The summed E-state index contributed by atoms with van der Waals surface area (Å²) in [6, 6.07) is 4.70. The van der Waals surface area contributed by atoms with Crippen LogP contribution in [0.25, 0.3) is 0 Å². The molecule has 0 unspecified atom stereocenters. The fraction of sp³-hybridized carbons (Fsp3) is 0.300. The molecular formula is C10H8BrNO4. The standard InChI is InChI=1S/C10H8BrNO4/c11-9-5(6-4-7(6)10(13)14)2-1-3-8(9)12(15)16/h1-3,6-7H,4H2,(H,13,14)/t6-,7+/m0/s1. The highest BCUT2D eigenvalue weighted by molar-refractivity contribution is 9.10. The Morgan fingerprint density at radius 2 is 2.25 bits per heavy atom. The van der Waals surface area contributed by atoms with E-state index in [0.717, 1.165) is 0 Å². The molecule has 16 heavy (non-hydrogen) atoms. The fourth-order valence-corrected chi connectivity index (χ4v) is 2.48. The Morgan fingerprint density at radius 1 is 1.56 bits per heavy atom. The molecule has 6 heteroatoms. The molecule has 1 N–H and O–H groups in total. The predicted octanol–water partition coefficient (Wildman–Crippen LogP) is 2.55. The molecule has 0 heterocycles. The zero-order valence-corrected chi connectivity index (χ0v) is 9.68. The van der Waals surface area contributed by atoms with Crippen LogP contribution in [0.4, 0.5) is 5.69 Å². The van der Waals surface area contributed by atoms with E-state index in [1.807, 2.05) is 0 Å². The minimum absolute atomic E-state index is 0.0199. The van der Waals surface area contributed by atoms with Crippen molar-refractivity contribution in [3.8, 4) is 0 Å². The molecule has 0 amide bonds. The number of nitrogens with zero attached hydrogens (tertiary/aromatic N) is 1. The average Bonchev–Trinajstić information content (AvgIpc) is 2.97. The van der Waals surface area contributed by atoms with Crippen LogP contribution in [0, 0.1) is 16.0 Å². The monoisotopic (exact) mass is 285 g/mol. The zero-order valence-electron chi connectivity index (χ0n) is 8.09. The Bertz CT molecular complexity index is 474. The smallest absolute Gasteiger partial charge is 0.307 e. The number of carbonyl (C=O) groups is 1. The van der Waals surface area contributed by atoms with Crippen molar-refractivity contribution < 1.29 is 14.8 Å². The maximum Gasteiger partial charge on any atom is 0.307 e. The molecule has 1 saturated carbocycles. The number of nitro groups is 1. The van der Waals surface area contributed by atoms with Gasteiger partial charge in [0.1, 0.15) is 0 Å². The minimum Gasteiger partial charge on any atom is -0.481 e. The van der Waals surface area contributed by atoms with E-state index in [4.69, 9.17) is 5.11 Å². The molecular weight excluding hydrogens is 278 g/mol. The maximum atomic E-state index is 10.7. The third-order valence-corrected chi connectivity index (χ3v) is 3.58. The maximum absolute atomic E-state index is 10.7. The van der Waals surface area contributed by atoms with Gasteiger partial charge in [-0.15, -0.1) is 0 Å². The van der Waals surface area contributed by atoms with Crippen molar-refractivity contribution in [1.82, 2.24) is 0 Å². The molecule has 0 aliphatic heterocycles. The third-order valence-electron chi connectivity index (χ3n) is 2.71. The van der Waals surface area contributed by atoms with Crippen molar-refractivity contribution in [2.24, 2.45) is 5.92 Å². The molecule has 5 nitrogen and oxygen atoms in total. The van der Waals surface area contributed by atoms with E-state index < -0.39 is 16.8 Å². The Kier molecular flexibility index (Phi) is 2.67. The molecule has 0 aromatic heterocycles. The van der Waals surface area contributed by atoms with Gasteiger partial charge in [-0.3, -0.25) is 14.9 Å². The van der Waals surface area contributed by atoms with Gasteiger partial charge in [-0.1, -0.05) is 12.1 Å². The lowest BCUT2D eigenvalue weighted by atomic mass is 10.1. The zero-order chi connectivity index (χ0) is 11.9. The summed E-state index contributed by atoms with van der Waals surface area (Å²) in [5.41, 5.74) is 0.690. The summed E-state index contributed by atoms with van der Waals surface area (Å²) in [6.45, 7) is 0. The second-order valence-corrected chi connectivity index (χ2v) is 4.52. The summed E-state index contributed by atoms with van der Waals surface area (Å²) >= 11 is 3.16. The van der Waals surface area contributed by atoms with Crippen molar-refractivity contribution in [3.05, 3.63) is 38.3 Å². The number of rotatable bonds is 3. The van der Waals surface area contributed by atoms with E-state index in [-0.39, 0.29) is 11.6 Å². The van der Waals surface area contributed by atoms with Gasteiger partial charge in [0, 0.05) is 6.07 Å². The minimum atomic E-state index is -0.844. The van der Waals surface area contributed by atoms with Gasteiger partial charge >= 0.3 is 5.97 Å². The molecule has 0 bridgehead atoms. The van der Waals surface area contributed by atoms with Crippen molar-refractivity contribution in [3.63, 3.8) is 0 Å². The SMILES string of the molecule is O=C(O)[C@@H]1C[C@H]1c1cccc([N+](=O)[O-])c1Br. The van der Waals surface area contributed by atoms with Crippen LogP contribution >= 0.6 is 15.9 Å². The molecule has 84 valence electrons. The third kappa shape index (κ3) is 1.80. The summed E-state index contributed by atoms with van der Waals surface area (Å²) in [5.74, 6) is -1.35. The number of aliphatic carboxylic acids is 1. The van der Waals surface area contributed by atoms with Gasteiger partial charge in [0.2, 0.25) is 0 Å². The van der Waals surface area contributed by atoms with E-state index in [2.05, 4.69) is 15.9 Å². The van der Waals surface area contributed by atoms with Crippen LogP contribution in [0.2, 0.25) is 0 Å². The van der Waals surface area contributed by atoms with Gasteiger partial charge in [-0.05, 0) is 33.8 Å². The first kappa shape index (κ1) is 11.1. The highest BCUT2D eigenvalue weighted by Gasteiger charge is 2.45. The lowest BCUT2D eigenvalue weighted by Crippen LogP contribution is -2.00. The molecule has 0 saturated heterocycles. The van der Waals surface area contributed by atoms with E-state index in [1.165, 1.54) is 6.07 Å². The Morgan fingerprint density at radius 3 is 2.75 bits per heavy atom. The first-order valence-corrected chi connectivity index (χ1v) is 5.47. The molecule has 0 radical (unpaired) electrons. The van der Waals surface area contributed by atoms with Gasteiger partial charge in [0.15, 0.2) is 0 Å². The molecule has 1 fully saturated rings. The molecule has 1 aromatic rings. The van der Waals surface area contributed by atoms with Gasteiger partial charge in [-0.25, -0.2) is 0 Å². The summed E-state index contributed by atoms with van der Waals surface area (Å²) in [4.78, 5) is 20.9. The summed E-state index contributed by atoms with van der Waals surface area (Å²) in [7, 11) is 0. The van der Waals surface area contributed by atoms with Gasteiger partial charge in [0.25, 0.3) is 5.69 Å². The number of carboxylic acid groups (broad SMARTS) is 1. The molecule has 1 aromatic carbocycles. The Hall–Kier alpha value is -1.43. The molecule has 2 rings (SSSR count). The molecule has 1 aliphatic rings. The molecule has 0 spiro atoms. The average molecular weight is 286 g/mol. The van der Waals surface area contributed by atoms with Gasteiger partial charge in [-0.2, -0.15) is 0 Å². The van der Waals surface area contributed by atoms with Crippen molar-refractivity contribution in [2.75, 3.05) is 0 Å². The van der Waals surface area contributed by atoms with Crippen LogP contribution in [-0.2, 0) is 4.79 Å². The number of halogens is 1. The lowest BCUT2D eigenvalue weighted by molar-refractivity contribution is -0.385. The van der Waals surface area contributed by atoms with Gasteiger partial charge in [0.05, 0.1) is 15.3 Å². The van der Waals surface area contributed by atoms with E-state index in [0.29, 0.717) is 16.5 Å². The summed E-state index contributed by atoms with van der Waals surface area (Å²) in [5, 5.41) is 19.5. The Balaban J connectivity index is 2.34. The number of benzene rings is 1. The fourth-order valence-electron chi connectivity index (χ4n) is 1.78. The highest BCUT2D eigenvalue weighted by Crippen LogP contribution is 2.51. The van der Waals surface area contributed by atoms with Crippen LogP contribution in [0.3, 0.4) is 0 Å². The van der Waals surface area contributed by atoms with Gasteiger partial charge < -0.3 is 5.11 Å². The predicted molar refractivity (Wildman–Crippen MR) is 59.3 cm³/mol. The van der Waals surface area contributed by atoms with E-state index in [9.17, 15) is 14.9 Å². The topological polar surface area (TPSA) is 80.4 Å². The molecule has 1 aliphatic carbocycles. The van der Waals surface area contributed by atoms with Crippen LogP contribution in [0.1, 0.15) is 17.9 Å². The van der Waals surface area contributed by atoms with Crippen LogP contribution in [0.15, 0.2) is 22.7 Å². The Labute approximate surface area is 99.4 Å². The van der Waals surface area contributed by atoms with Crippen LogP contribution < -0.4 is 0 Å². The van der Waals surface area contributed by atoms with Crippen molar-refractivity contribution in [1.29, 1.82) is 0 Å². The van der Waals surface area contributed by atoms with Crippen molar-refractivity contribution >= 4 is 27.6 Å². The normalized spacial score (nSPS) is 22.8. The number of hydrogen-bond acceptors (Lipinski definition) is 3. The number of hydrogen-bond donors (Lipinski definition) is 1. The first-order valence-electron chi connectivity index (χ1n) is 4.68. The number of nitro benzene ring substituents is 1. The van der Waals surface area contributed by atoms with Crippen LogP contribution in [-0.4, -0.2) is 16.0 Å². The quantitative estimate of drug-likeness (QED) is 0.684. The highest BCUT2D eigenvalue weighted by atomic mass is 79.9. The lowest BCUT2D eigenvalue weighted by Gasteiger charge is -2.02. The summed E-state index contributed by atoms with van der Waals surface area (Å²) in [6.07, 6.45) is 0.551. The largest absolute Gasteiger partial charge is 0.481 e.